The van der Waals surface area contributed by atoms with Gasteiger partial charge in [-0.3, -0.25) is 4.79 Å². The van der Waals surface area contributed by atoms with Gasteiger partial charge in [-0.25, -0.2) is 0 Å². The van der Waals surface area contributed by atoms with E-state index >= 15 is 0 Å². The van der Waals surface area contributed by atoms with Crippen LogP contribution < -0.4 is 15.4 Å². The van der Waals surface area contributed by atoms with Crippen molar-refractivity contribution >= 4 is 28.9 Å². The molecule has 0 spiro atoms. The summed E-state index contributed by atoms with van der Waals surface area (Å²) in [6, 6.07) is 12.1. The van der Waals surface area contributed by atoms with Gasteiger partial charge in [0.2, 0.25) is 0 Å². The van der Waals surface area contributed by atoms with Gasteiger partial charge in [0.25, 0.3) is 5.91 Å². The minimum atomic E-state index is -0.155. The molecule has 0 heterocycles. The molecule has 2 aromatic rings. The van der Waals surface area contributed by atoms with Gasteiger partial charge in [-0.2, -0.15) is 0 Å². The van der Waals surface area contributed by atoms with E-state index in [2.05, 4.69) is 0 Å². The highest BCUT2D eigenvalue weighted by atomic mass is 35.5. The second kappa shape index (κ2) is 5.84. The first-order chi connectivity index (χ1) is 9.52. The van der Waals surface area contributed by atoms with Crippen LogP contribution in [0.5, 0.6) is 5.75 Å². The summed E-state index contributed by atoms with van der Waals surface area (Å²) in [4.78, 5) is 13.9. The zero-order valence-corrected chi connectivity index (χ0v) is 12.0. The van der Waals surface area contributed by atoms with Crippen molar-refractivity contribution in [3.05, 3.63) is 53.1 Å². The molecule has 0 atom stereocenters. The Hall–Kier alpha value is -2.20. The van der Waals surface area contributed by atoms with Crippen LogP contribution in [0.4, 0.5) is 11.4 Å². The molecule has 20 heavy (non-hydrogen) atoms. The predicted octanol–water partition coefficient (Wildman–Crippen LogP) is 3.21. The molecule has 1 amide bonds. The molecule has 0 fully saturated rings. The minimum absolute atomic E-state index is 0.155. The van der Waals surface area contributed by atoms with Crippen molar-refractivity contribution in [1.82, 2.24) is 0 Å². The number of rotatable bonds is 3. The Labute approximate surface area is 122 Å². The highest BCUT2D eigenvalue weighted by molar-refractivity contribution is 6.33. The monoisotopic (exact) mass is 290 g/mol. The van der Waals surface area contributed by atoms with Crippen molar-refractivity contribution in [2.45, 2.75) is 0 Å². The Bertz CT molecular complexity index is 626. The maximum Gasteiger partial charge on any atom is 0.258 e. The molecule has 0 aliphatic rings. The van der Waals surface area contributed by atoms with Crippen LogP contribution in [-0.4, -0.2) is 20.1 Å². The first-order valence-corrected chi connectivity index (χ1v) is 6.38. The third kappa shape index (κ3) is 2.86. The largest absolute Gasteiger partial charge is 0.497 e. The fourth-order valence-electron chi connectivity index (χ4n) is 1.78. The maximum absolute atomic E-state index is 12.4. The summed E-state index contributed by atoms with van der Waals surface area (Å²) in [6.45, 7) is 0. The molecule has 4 nitrogen and oxygen atoms in total. The maximum atomic E-state index is 12.4. The van der Waals surface area contributed by atoms with Gasteiger partial charge < -0.3 is 15.4 Å². The molecule has 2 N–H and O–H groups in total. The lowest BCUT2D eigenvalue weighted by Crippen LogP contribution is -2.26. The summed E-state index contributed by atoms with van der Waals surface area (Å²) in [7, 11) is 3.30. The number of hydrogen-bond acceptors (Lipinski definition) is 3. The van der Waals surface area contributed by atoms with E-state index in [1.54, 1.807) is 49.4 Å². The van der Waals surface area contributed by atoms with Crippen LogP contribution >= 0.6 is 11.6 Å². The second-order valence-corrected chi connectivity index (χ2v) is 4.71. The van der Waals surface area contributed by atoms with Gasteiger partial charge >= 0.3 is 0 Å². The molecule has 0 aromatic heterocycles. The van der Waals surface area contributed by atoms with Crippen LogP contribution in [-0.2, 0) is 0 Å². The van der Waals surface area contributed by atoms with Crippen LogP contribution in [0.2, 0.25) is 5.02 Å². The molecular formula is C15H15ClN2O2. The van der Waals surface area contributed by atoms with Gasteiger partial charge in [-0.15, -0.1) is 0 Å². The topological polar surface area (TPSA) is 55.6 Å². The number of amides is 1. The Morgan fingerprint density at radius 1 is 1.20 bits per heavy atom. The van der Waals surface area contributed by atoms with Crippen molar-refractivity contribution in [1.29, 1.82) is 0 Å². The predicted molar refractivity (Wildman–Crippen MR) is 81.6 cm³/mol. The van der Waals surface area contributed by atoms with E-state index < -0.39 is 0 Å². The lowest BCUT2D eigenvalue weighted by molar-refractivity contribution is 0.0993. The molecule has 0 bridgehead atoms. The highest BCUT2D eigenvalue weighted by Crippen LogP contribution is 2.23. The number of carbonyl (C=O) groups excluding carboxylic acids is 1. The number of benzene rings is 2. The van der Waals surface area contributed by atoms with Crippen molar-refractivity contribution in [2.75, 3.05) is 24.8 Å². The number of nitrogens with zero attached hydrogens (tertiary/aromatic N) is 1. The molecule has 0 saturated heterocycles. The molecule has 0 aliphatic heterocycles. The lowest BCUT2D eigenvalue weighted by Gasteiger charge is -2.18. The number of hydrogen-bond donors (Lipinski definition) is 1. The van der Waals surface area contributed by atoms with Gasteiger partial charge in [0, 0.05) is 18.3 Å². The fourth-order valence-corrected chi connectivity index (χ4v) is 1.96. The number of anilines is 2. The summed E-state index contributed by atoms with van der Waals surface area (Å²) >= 11 is 5.94. The van der Waals surface area contributed by atoms with E-state index in [0.29, 0.717) is 16.3 Å². The van der Waals surface area contributed by atoms with E-state index in [-0.39, 0.29) is 5.91 Å². The van der Waals surface area contributed by atoms with Crippen molar-refractivity contribution < 1.29 is 9.53 Å². The first kappa shape index (κ1) is 14.2. The Kier molecular flexibility index (Phi) is 4.15. The zero-order valence-electron chi connectivity index (χ0n) is 11.3. The van der Waals surface area contributed by atoms with Crippen LogP contribution in [0, 0.1) is 0 Å². The van der Waals surface area contributed by atoms with Gasteiger partial charge in [-0.05, 0) is 42.5 Å². The van der Waals surface area contributed by atoms with E-state index in [4.69, 9.17) is 22.1 Å². The highest BCUT2D eigenvalue weighted by Gasteiger charge is 2.14. The Morgan fingerprint density at radius 3 is 2.40 bits per heavy atom. The van der Waals surface area contributed by atoms with Crippen molar-refractivity contribution in [3.63, 3.8) is 0 Å². The summed E-state index contributed by atoms with van der Waals surface area (Å²) in [5.74, 6) is 0.585. The lowest BCUT2D eigenvalue weighted by atomic mass is 10.1. The molecule has 2 rings (SSSR count). The van der Waals surface area contributed by atoms with E-state index in [1.165, 1.54) is 0 Å². The number of nitrogen functional groups attached to an aromatic ring is 1. The van der Waals surface area contributed by atoms with Crippen LogP contribution in [0.3, 0.4) is 0 Å². The van der Waals surface area contributed by atoms with E-state index in [1.807, 2.05) is 12.1 Å². The smallest absolute Gasteiger partial charge is 0.258 e. The third-order valence-electron chi connectivity index (χ3n) is 3.01. The third-order valence-corrected chi connectivity index (χ3v) is 3.34. The Morgan fingerprint density at radius 2 is 1.85 bits per heavy atom. The van der Waals surface area contributed by atoms with Crippen molar-refractivity contribution in [3.8, 4) is 5.75 Å². The minimum Gasteiger partial charge on any atom is -0.497 e. The fraction of sp³-hybridized carbons (Fsp3) is 0.133. The summed E-state index contributed by atoms with van der Waals surface area (Å²) in [5, 5.41) is 0.374. The van der Waals surface area contributed by atoms with Gasteiger partial charge in [0.1, 0.15) is 5.75 Å². The van der Waals surface area contributed by atoms with Crippen molar-refractivity contribution in [2.24, 2.45) is 0 Å². The van der Waals surface area contributed by atoms with Crippen LogP contribution in [0.1, 0.15) is 10.4 Å². The average molecular weight is 291 g/mol. The number of carbonyl (C=O) groups is 1. The van der Waals surface area contributed by atoms with E-state index in [9.17, 15) is 4.79 Å². The van der Waals surface area contributed by atoms with Crippen LogP contribution in [0.25, 0.3) is 0 Å². The Balaban J connectivity index is 2.24. The molecule has 0 saturated carbocycles. The van der Waals surface area contributed by atoms with Gasteiger partial charge in [0.05, 0.1) is 17.8 Å². The number of ether oxygens (including phenoxy) is 1. The number of methoxy groups -OCH3 is 1. The van der Waals surface area contributed by atoms with Crippen LogP contribution in [0.15, 0.2) is 42.5 Å². The molecule has 2 aromatic carbocycles. The van der Waals surface area contributed by atoms with Gasteiger partial charge in [-0.1, -0.05) is 11.6 Å². The SMILES string of the molecule is COc1ccc(N(C)C(=O)c2ccc(N)c(Cl)c2)cc1. The molecular weight excluding hydrogens is 276 g/mol. The van der Waals surface area contributed by atoms with Gasteiger partial charge in [0.15, 0.2) is 0 Å². The number of nitrogens with two attached hydrogens (primary N) is 1. The average Bonchev–Trinajstić information content (AvgIpc) is 2.48. The molecule has 104 valence electrons. The molecule has 0 radical (unpaired) electrons. The summed E-state index contributed by atoms with van der Waals surface area (Å²) in [5.41, 5.74) is 7.35. The quantitative estimate of drug-likeness (QED) is 0.883. The normalized spacial score (nSPS) is 10.2. The van der Waals surface area contributed by atoms with E-state index in [0.717, 1.165) is 11.4 Å². The number of halogens is 1. The molecule has 0 unspecified atom stereocenters. The summed E-state index contributed by atoms with van der Waals surface area (Å²) in [6.07, 6.45) is 0. The molecule has 0 aliphatic carbocycles. The second-order valence-electron chi connectivity index (χ2n) is 4.30. The first-order valence-electron chi connectivity index (χ1n) is 6.00. The summed E-state index contributed by atoms with van der Waals surface area (Å²) < 4.78 is 5.09. The standard InChI is InChI=1S/C15H15ClN2O2/c1-18(11-4-6-12(20-2)7-5-11)15(19)10-3-8-14(17)13(16)9-10/h3-9H,17H2,1-2H3. The zero-order chi connectivity index (χ0) is 14.7. The molecule has 5 heteroatoms.